The van der Waals surface area contributed by atoms with Gasteiger partial charge >= 0.3 is 0 Å². The van der Waals surface area contributed by atoms with Gasteiger partial charge in [0, 0.05) is 61.9 Å². The van der Waals surface area contributed by atoms with Crippen LogP contribution in [0, 0.1) is 0 Å². The molecule has 0 bridgehead atoms. The molecule has 1 rings (SSSR count). The van der Waals surface area contributed by atoms with Gasteiger partial charge in [0.05, 0.1) is 0 Å². The van der Waals surface area contributed by atoms with E-state index < -0.39 is 0 Å². The molecule has 6 heteroatoms. The molecule has 0 aromatic heterocycles. The summed E-state index contributed by atoms with van der Waals surface area (Å²) < 4.78 is 0.0910. The van der Waals surface area contributed by atoms with Crippen LogP contribution in [0.1, 0.15) is 40.5 Å². The molecule has 4 nitrogen and oxygen atoms in total. The summed E-state index contributed by atoms with van der Waals surface area (Å²) in [5.41, 5.74) is 0. The van der Waals surface area contributed by atoms with Gasteiger partial charge in [-0.3, -0.25) is 4.90 Å². The van der Waals surface area contributed by atoms with Crippen molar-refractivity contribution in [2.45, 2.75) is 50.0 Å². The lowest BCUT2D eigenvalue weighted by atomic mass is 10.2. The molecule has 1 aliphatic rings. The van der Waals surface area contributed by atoms with E-state index in [9.17, 15) is 0 Å². The van der Waals surface area contributed by atoms with Gasteiger partial charge in [0.15, 0.2) is 0 Å². The van der Waals surface area contributed by atoms with Crippen LogP contribution in [-0.4, -0.2) is 109 Å². The number of likely N-dealkylation sites (tertiary alicyclic amines) is 1. The molecule has 0 N–H and O–H groups in total. The molecule has 0 atom stereocenters. The van der Waals surface area contributed by atoms with Crippen LogP contribution in [0.2, 0.25) is 0 Å². The fraction of sp³-hybridized carbons (Fsp3) is 1.00. The van der Waals surface area contributed by atoms with Crippen LogP contribution in [0.4, 0.5) is 0 Å². The molecule has 1 saturated heterocycles. The van der Waals surface area contributed by atoms with Crippen LogP contribution < -0.4 is 0 Å². The summed E-state index contributed by atoms with van der Waals surface area (Å²) in [5, 5.41) is 0. The first-order chi connectivity index (χ1) is 11.9. The maximum absolute atomic E-state index is 4.76. The van der Waals surface area contributed by atoms with E-state index in [4.69, 9.17) is 12.6 Å². The number of thiol groups is 2. The molecule has 156 valence electrons. The van der Waals surface area contributed by atoms with Crippen molar-refractivity contribution in [3.8, 4) is 0 Å². The Labute approximate surface area is 174 Å². The average molecular weight is 405 g/mol. The maximum Gasteiger partial charge on any atom is 0.0200 e. The highest BCUT2D eigenvalue weighted by Crippen LogP contribution is 2.15. The monoisotopic (exact) mass is 404 g/mol. The van der Waals surface area contributed by atoms with Crippen molar-refractivity contribution >= 4 is 25.3 Å². The van der Waals surface area contributed by atoms with Crippen molar-refractivity contribution in [2.75, 3.05) is 79.5 Å². The molecule has 0 amide bonds. The molecule has 0 spiro atoms. The molecule has 1 heterocycles. The second-order valence-electron chi connectivity index (χ2n) is 9.49. The average Bonchev–Trinajstić information content (AvgIpc) is 2.98. The van der Waals surface area contributed by atoms with Gasteiger partial charge in [0.1, 0.15) is 0 Å². The van der Waals surface area contributed by atoms with Gasteiger partial charge in [0.2, 0.25) is 0 Å². The second-order valence-corrected chi connectivity index (χ2v) is 11.9. The minimum absolute atomic E-state index is 0.0372. The summed E-state index contributed by atoms with van der Waals surface area (Å²) >= 11 is 9.42. The lowest BCUT2D eigenvalue weighted by Gasteiger charge is -2.33. The largest absolute Gasteiger partial charge is 0.304 e. The fourth-order valence-corrected chi connectivity index (χ4v) is 4.05. The number of hydrogen-bond acceptors (Lipinski definition) is 6. The highest BCUT2D eigenvalue weighted by atomic mass is 32.1. The SMILES string of the molecule is CN(CCN1CCCC1)CCN(CCN(C)CC(C)(C)S)CC(C)(C)S. The predicted molar refractivity (Wildman–Crippen MR) is 123 cm³/mol. The predicted octanol–water partition coefficient (Wildman–Crippen LogP) is 2.66. The lowest BCUT2D eigenvalue weighted by Crippen LogP contribution is -2.45. The Morgan fingerprint density at radius 1 is 0.731 bits per heavy atom. The second kappa shape index (κ2) is 11.5. The van der Waals surface area contributed by atoms with Crippen molar-refractivity contribution in [3.63, 3.8) is 0 Å². The Morgan fingerprint density at radius 2 is 1.23 bits per heavy atom. The number of nitrogens with zero attached hydrogens (tertiary/aromatic N) is 4. The molecule has 0 unspecified atom stereocenters. The van der Waals surface area contributed by atoms with E-state index in [0.717, 1.165) is 39.3 Å². The van der Waals surface area contributed by atoms with Gasteiger partial charge in [0.25, 0.3) is 0 Å². The Kier molecular flexibility index (Phi) is 10.9. The molecular weight excluding hydrogens is 360 g/mol. The summed E-state index contributed by atoms with van der Waals surface area (Å²) in [6.45, 7) is 20.2. The standard InChI is InChI=1S/C20H44N4S2/c1-19(2,25)17-22(6)13-16-24(18-20(3,4)26)15-12-21(5)11-14-23-9-7-8-10-23/h25-26H,7-18H2,1-6H3. The van der Waals surface area contributed by atoms with Crippen LogP contribution in [-0.2, 0) is 0 Å². The molecule has 0 aromatic carbocycles. The molecule has 0 aromatic rings. The Morgan fingerprint density at radius 3 is 1.73 bits per heavy atom. The first-order valence-electron chi connectivity index (χ1n) is 10.2. The van der Waals surface area contributed by atoms with Crippen molar-refractivity contribution < 1.29 is 0 Å². The molecule has 0 radical (unpaired) electrons. The highest BCUT2D eigenvalue weighted by molar-refractivity contribution is 7.82. The fourth-order valence-electron chi connectivity index (χ4n) is 3.61. The smallest absolute Gasteiger partial charge is 0.0200 e. The van der Waals surface area contributed by atoms with Crippen LogP contribution in [0.3, 0.4) is 0 Å². The van der Waals surface area contributed by atoms with E-state index in [1.807, 2.05) is 0 Å². The zero-order valence-corrected chi connectivity index (χ0v) is 20.0. The minimum Gasteiger partial charge on any atom is -0.304 e. The third kappa shape index (κ3) is 12.8. The van der Waals surface area contributed by atoms with E-state index in [1.54, 1.807) is 0 Å². The zero-order chi connectivity index (χ0) is 19.8. The molecule has 26 heavy (non-hydrogen) atoms. The Balaban J connectivity index is 2.36. The number of likely N-dealkylation sites (N-methyl/N-ethyl adjacent to an activating group) is 2. The third-order valence-corrected chi connectivity index (χ3v) is 5.14. The quantitative estimate of drug-likeness (QED) is 0.458. The van der Waals surface area contributed by atoms with E-state index in [1.165, 1.54) is 39.0 Å². The van der Waals surface area contributed by atoms with Gasteiger partial charge in [-0.25, -0.2) is 0 Å². The summed E-state index contributed by atoms with van der Waals surface area (Å²) in [7, 11) is 4.46. The summed E-state index contributed by atoms with van der Waals surface area (Å²) in [4.78, 5) is 10.0. The summed E-state index contributed by atoms with van der Waals surface area (Å²) in [6, 6.07) is 0. The molecule has 0 saturated carbocycles. The Hall–Kier alpha value is 0.540. The van der Waals surface area contributed by atoms with Gasteiger partial charge in [-0.1, -0.05) is 0 Å². The molecule has 1 aliphatic heterocycles. The normalized spacial score (nSPS) is 17.2. The first-order valence-corrected chi connectivity index (χ1v) is 11.1. The zero-order valence-electron chi connectivity index (χ0n) is 18.2. The van der Waals surface area contributed by atoms with Crippen molar-refractivity contribution in [1.82, 2.24) is 19.6 Å². The van der Waals surface area contributed by atoms with Gasteiger partial charge in [-0.05, 0) is 67.7 Å². The maximum atomic E-state index is 4.76. The number of hydrogen-bond donors (Lipinski definition) is 2. The Bertz CT molecular complexity index is 373. The van der Waals surface area contributed by atoms with Crippen molar-refractivity contribution in [2.24, 2.45) is 0 Å². The van der Waals surface area contributed by atoms with Gasteiger partial charge in [-0.15, -0.1) is 0 Å². The van der Waals surface area contributed by atoms with Crippen LogP contribution in [0.15, 0.2) is 0 Å². The molecule has 0 aliphatic carbocycles. The highest BCUT2D eigenvalue weighted by Gasteiger charge is 2.20. The summed E-state index contributed by atoms with van der Waals surface area (Å²) in [5.74, 6) is 0. The van der Waals surface area contributed by atoms with Gasteiger partial charge < -0.3 is 14.7 Å². The summed E-state index contributed by atoms with van der Waals surface area (Å²) in [6.07, 6.45) is 2.76. The molecular formula is C20H44N4S2. The van der Waals surface area contributed by atoms with Crippen LogP contribution in [0.25, 0.3) is 0 Å². The van der Waals surface area contributed by atoms with E-state index in [2.05, 4.69) is 74.0 Å². The van der Waals surface area contributed by atoms with E-state index in [-0.39, 0.29) is 9.49 Å². The van der Waals surface area contributed by atoms with Crippen LogP contribution in [0.5, 0.6) is 0 Å². The van der Waals surface area contributed by atoms with Crippen molar-refractivity contribution in [3.05, 3.63) is 0 Å². The first kappa shape index (κ1) is 24.6. The van der Waals surface area contributed by atoms with E-state index >= 15 is 0 Å². The third-order valence-electron chi connectivity index (χ3n) is 4.86. The van der Waals surface area contributed by atoms with Crippen LogP contribution >= 0.6 is 25.3 Å². The molecule has 1 fully saturated rings. The van der Waals surface area contributed by atoms with Crippen molar-refractivity contribution in [1.29, 1.82) is 0 Å². The minimum atomic E-state index is 0.0372. The topological polar surface area (TPSA) is 13.0 Å². The van der Waals surface area contributed by atoms with E-state index in [0.29, 0.717) is 0 Å². The lowest BCUT2D eigenvalue weighted by molar-refractivity contribution is 0.180. The van der Waals surface area contributed by atoms with Gasteiger partial charge in [-0.2, -0.15) is 25.3 Å². The number of rotatable bonds is 13.